The van der Waals surface area contributed by atoms with Gasteiger partial charge in [-0.1, -0.05) is 28.1 Å². The van der Waals surface area contributed by atoms with Crippen LogP contribution in [0.2, 0.25) is 0 Å². The van der Waals surface area contributed by atoms with Crippen LogP contribution in [0.1, 0.15) is 18.1 Å². The summed E-state index contributed by atoms with van der Waals surface area (Å²) in [5.74, 6) is -0.852. The molecule has 8 heteroatoms. The van der Waals surface area contributed by atoms with Crippen LogP contribution < -0.4 is 10.6 Å². The van der Waals surface area contributed by atoms with Gasteiger partial charge in [0.1, 0.15) is 0 Å². The van der Waals surface area contributed by atoms with Crippen molar-refractivity contribution in [1.29, 1.82) is 0 Å². The van der Waals surface area contributed by atoms with Crippen molar-refractivity contribution in [3.05, 3.63) is 64.1 Å². The summed E-state index contributed by atoms with van der Waals surface area (Å²) >= 11 is 3.27. The van der Waals surface area contributed by atoms with E-state index in [1.807, 2.05) is 0 Å². The van der Waals surface area contributed by atoms with Gasteiger partial charge in [-0.05, 0) is 42.0 Å². The number of halogens is 4. The summed E-state index contributed by atoms with van der Waals surface area (Å²) in [6, 6.07) is 9.53. The van der Waals surface area contributed by atoms with Gasteiger partial charge in [-0.25, -0.2) is 0 Å². The Balaban J connectivity index is 2.15. The topological polar surface area (TPSA) is 58.2 Å². The minimum Gasteiger partial charge on any atom is -0.325 e. The molecule has 2 amide bonds. The fourth-order valence-corrected chi connectivity index (χ4v) is 2.44. The summed E-state index contributed by atoms with van der Waals surface area (Å²) in [6.45, 7) is 1.33. The number of alkyl halides is 3. The maximum absolute atomic E-state index is 12.7. The maximum Gasteiger partial charge on any atom is 0.416 e. The van der Waals surface area contributed by atoms with Gasteiger partial charge in [0.05, 0.1) is 16.9 Å². The van der Waals surface area contributed by atoms with E-state index in [-0.39, 0.29) is 11.5 Å². The van der Waals surface area contributed by atoms with Crippen LogP contribution in [0.25, 0.3) is 6.08 Å². The first kappa shape index (κ1) is 19.7. The van der Waals surface area contributed by atoms with Gasteiger partial charge in [0.15, 0.2) is 0 Å². The normalized spacial score (nSPS) is 11.4. The molecule has 0 aliphatic rings. The second-order valence-corrected chi connectivity index (χ2v) is 6.23. The molecule has 0 aliphatic heterocycles. The number of carbonyl (C=O) groups excluding carboxylic acids is 2. The molecule has 4 nitrogen and oxygen atoms in total. The average molecular weight is 427 g/mol. The highest BCUT2D eigenvalue weighted by molar-refractivity contribution is 9.10. The van der Waals surface area contributed by atoms with E-state index in [9.17, 15) is 22.8 Å². The molecule has 0 aromatic heterocycles. The van der Waals surface area contributed by atoms with Crippen molar-refractivity contribution in [3.63, 3.8) is 0 Å². The van der Waals surface area contributed by atoms with Crippen LogP contribution in [-0.4, -0.2) is 11.8 Å². The highest BCUT2D eigenvalue weighted by Gasteiger charge is 2.30. The molecule has 2 rings (SSSR count). The van der Waals surface area contributed by atoms with E-state index in [0.29, 0.717) is 15.8 Å². The van der Waals surface area contributed by atoms with Gasteiger partial charge in [0.2, 0.25) is 11.8 Å². The number of anilines is 2. The van der Waals surface area contributed by atoms with Crippen LogP contribution in [0.5, 0.6) is 0 Å². The number of benzene rings is 2. The van der Waals surface area contributed by atoms with Crippen LogP contribution in [-0.2, 0) is 15.8 Å². The van der Waals surface area contributed by atoms with Crippen LogP contribution >= 0.6 is 15.9 Å². The molecule has 0 saturated heterocycles. The Morgan fingerprint density at radius 1 is 1.04 bits per heavy atom. The van der Waals surface area contributed by atoms with Gasteiger partial charge in [-0.3, -0.25) is 9.59 Å². The van der Waals surface area contributed by atoms with Gasteiger partial charge in [-0.15, -0.1) is 0 Å². The number of hydrogen-bond acceptors (Lipinski definition) is 2. The van der Waals surface area contributed by atoms with Crippen molar-refractivity contribution in [2.24, 2.45) is 0 Å². The minimum atomic E-state index is -4.45. The molecular formula is C18H14BrF3N2O2. The number of nitrogens with one attached hydrogen (secondary N) is 2. The molecule has 0 atom stereocenters. The Labute approximate surface area is 156 Å². The van der Waals surface area contributed by atoms with Crippen molar-refractivity contribution >= 4 is 45.2 Å². The lowest BCUT2D eigenvalue weighted by Gasteiger charge is -2.11. The van der Waals surface area contributed by atoms with Gasteiger partial charge >= 0.3 is 6.18 Å². The average Bonchev–Trinajstić information content (AvgIpc) is 2.55. The summed E-state index contributed by atoms with van der Waals surface area (Å²) in [5, 5.41) is 5.16. The van der Waals surface area contributed by atoms with E-state index in [1.165, 1.54) is 25.1 Å². The zero-order valence-electron chi connectivity index (χ0n) is 13.5. The molecule has 2 aromatic carbocycles. The molecule has 0 saturated carbocycles. The first-order chi connectivity index (χ1) is 12.1. The van der Waals surface area contributed by atoms with Gasteiger partial charge < -0.3 is 10.6 Å². The third kappa shape index (κ3) is 5.73. The first-order valence-electron chi connectivity index (χ1n) is 7.38. The van der Waals surface area contributed by atoms with Crippen molar-refractivity contribution < 1.29 is 22.8 Å². The van der Waals surface area contributed by atoms with Crippen LogP contribution in [0.3, 0.4) is 0 Å². The number of rotatable bonds is 4. The van der Waals surface area contributed by atoms with Gasteiger partial charge in [0, 0.05) is 17.5 Å². The van der Waals surface area contributed by atoms with Gasteiger partial charge in [-0.2, -0.15) is 13.2 Å². The molecule has 0 aliphatic carbocycles. The standard InChI is InChI=1S/C18H14BrF3N2O2/c1-11(25)23-15-7-6-14(19)10-16(15)24-17(26)8-5-12-3-2-4-13(9-12)18(20,21)22/h2-10H,1H3,(H,23,25)(H,24,26)/b8-5+. The Bertz CT molecular complexity index is 864. The molecule has 2 aromatic rings. The fraction of sp³-hybridized carbons (Fsp3) is 0.111. The summed E-state index contributed by atoms with van der Waals surface area (Å²) in [4.78, 5) is 23.3. The number of amides is 2. The van der Waals surface area contributed by atoms with E-state index in [0.717, 1.165) is 18.2 Å². The largest absolute Gasteiger partial charge is 0.416 e. The van der Waals surface area contributed by atoms with Crippen molar-refractivity contribution in [2.45, 2.75) is 13.1 Å². The summed E-state index contributed by atoms with van der Waals surface area (Å²) in [5.41, 5.74) is 0.209. The number of hydrogen-bond donors (Lipinski definition) is 2. The third-order valence-corrected chi connectivity index (χ3v) is 3.68. The zero-order chi connectivity index (χ0) is 19.3. The predicted octanol–water partition coefficient (Wildman–Crippen LogP) is 5.08. The minimum absolute atomic E-state index is 0.242. The monoisotopic (exact) mass is 426 g/mol. The second kappa shape index (κ2) is 8.18. The van der Waals surface area contributed by atoms with E-state index < -0.39 is 17.6 Å². The summed E-state index contributed by atoms with van der Waals surface area (Å²) < 4.78 is 38.8. The smallest absolute Gasteiger partial charge is 0.325 e. The van der Waals surface area contributed by atoms with Crippen LogP contribution in [0.15, 0.2) is 53.0 Å². The van der Waals surface area contributed by atoms with Crippen LogP contribution in [0.4, 0.5) is 24.5 Å². The number of carbonyl (C=O) groups is 2. The molecule has 0 fully saturated rings. The summed E-state index contributed by atoms with van der Waals surface area (Å²) in [7, 11) is 0. The predicted molar refractivity (Wildman–Crippen MR) is 97.6 cm³/mol. The maximum atomic E-state index is 12.7. The highest BCUT2D eigenvalue weighted by atomic mass is 79.9. The molecule has 0 bridgehead atoms. The Morgan fingerprint density at radius 3 is 2.42 bits per heavy atom. The molecular weight excluding hydrogens is 413 g/mol. The van der Waals surface area contributed by atoms with E-state index in [2.05, 4.69) is 26.6 Å². The quantitative estimate of drug-likeness (QED) is 0.669. The SMILES string of the molecule is CC(=O)Nc1ccc(Br)cc1NC(=O)/C=C/c1cccc(C(F)(F)F)c1. The molecule has 0 spiro atoms. The lowest BCUT2D eigenvalue weighted by Crippen LogP contribution is -2.13. The molecule has 0 radical (unpaired) electrons. The zero-order valence-corrected chi connectivity index (χ0v) is 15.1. The summed E-state index contributed by atoms with van der Waals surface area (Å²) in [6.07, 6.45) is -2.05. The van der Waals surface area contributed by atoms with E-state index in [1.54, 1.807) is 18.2 Å². The molecule has 0 unspecified atom stereocenters. The molecule has 136 valence electrons. The lowest BCUT2D eigenvalue weighted by atomic mass is 10.1. The Hall–Kier alpha value is -2.61. The third-order valence-electron chi connectivity index (χ3n) is 3.19. The Kier molecular flexibility index (Phi) is 6.20. The molecule has 2 N–H and O–H groups in total. The van der Waals surface area contributed by atoms with Crippen LogP contribution in [0, 0.1) is 0 Å². The van der Waals surface area contributed by atoms with E-state index in [4.69, 9.17) is 0 Å². The van der Waals surface area contributed by atoms with Gasteiger partial charge in [0.25, 0.3) is 0 Å². The fourth-order valence-electron chi connectivity index (χ4n) is 2.08. The van der Waals surface area contributed by atoms with Crippen molar-refractivity contribution in [3.8, 4) is 0 Å². The second-order valence-electron chi connectivity index (χ2n) is 5.32. The first-order valence-corrected chi connectivity index (χ1v) is 8.18. The molecule has 0 heterocycles. The van der Waals surface area contributed by atoms with E-state index >= 15 is 0 Å². The van der Waals surface area contributed by atoms with Crippen molar-refractivity contribution in [1.82, 2.24) is 0 Å². The Morgan fingerprint density at radius 2 is 1.77 bits per heavy atom. The lowest BCUT2D eigenvalue weighted by molar-refractivity contribution is -0.137. The van der Waals surface area contributed by atoms with Crippen molar-refractivity contribution in [2.75, 3.05) is 10.6 Å². The molecule has 26 heavy (non-hydrogen) atoms. The highest BCUT2D eigenvalue weighted by Crippen LogP contribution is 2.30.